The van der Waals surface area contributed by atoms with Crippen molar-refractivity contribution >= 4 is 5.97 Å². The minimum absolute atomic E-state index is 0.0509. The van der Waals surface area contributed by atoms with Crippen LogP contribution in [0.3, 0.4) is 0 Å². The van der Waals surface area contributed by atoms with Crippen molar-refractivity contribution in [2.24, 2.45) is 5.92 Å². The van der Waals surface area contributed by atoms with E-state index in [-0.39, 0.29) is 11.5 Å². The topological polar surface area (TPSA) is 38.3 Å². The minimum atomic E-state index is -0.0509. The molecule has 1 N–H and O–H groups in total. The van der Waals surface area contributed by atoms with Gasteiger partial charge in [0.05, 0.1) is 13.5 Å². The van der Waals surface area contributed by atoms with Crippen molar-refractivity contribution in [3.05, 3.63) is 0 Å². The average Bonchev–Trinajstić information content (AvgIpc) is 2.79. The maximum absolute atomic E-state index is 11.3. The van der Waals surface area contributed by atoms with E-state index in [0.29, 0.717) is 12.3 Å². The van der Waals surface area contributed by atoms with Crippen molar-refractivity contribution < 1.29 is 9.53 Å². The lowest BCUT2D eigenvalue weighted by atomic mass is 9.82. The van der Waals surface area contributed by atoms with Crippen LogP contribution < -0.4 is 5.32 Å². The molecule has 0 aromatic heterocycles. The van der Waals surface area contributed by atoms with Gasteiger partial charge in [-0.2, -0.15) is 0 Å². The summed E-state index contributed by atoms with van der Waals surface area (Å²) in [5, 5.41) is 3.60. The summed E-state index contributed by atoms with van der Waals surface area (Å²) in [6, 6.07) is 0. The Kier molecular flexibility index (Phi) is 2.77. The molecule has 1 saturated carbocycles. The molecule has 0 radical (unpaired) electrons. The zero-order valence-electron chi connectivity index (χ0n) is 8.84. The van der Waals surface area contributed by atoms with Gasteiger partial charge in [0.15, 0.2) is 0 Å². The van der Waals surface area contributed by atoms with Crippen LogP contribution in [-0.2, 0) is 9.53 Å². The van der Waals surface area contributed by atoms with E-state index < -0.39 is 0 Å². The van der Waals surface area contributed by atoms with E-state index in [1.54, 1.807) is 0 Å². The van der Waals surface area contributed by atoms with Gasteiger partial charge in [0.25, 0.3) is 0 Å². The molecule has 1 unspecified atom stereocenters. The molecule has 0 bridgehead atoms. The zero-order chi connectivity index (χ0) is 10.0. The predicted octanol–water partition coefficient (Wildman–Crippen LogP) is 1.47. The van der Waals surface area contributed by atoms with E-state index in [0.717, 1.165) is 13.0 Å². The molecule has 3 heteroatoms. The first-order valence-corrected chi connectivity index (χ1v) is 5.59. The molecule has 1 spiro atoms. The van der Waals surface area contributed by atoms with Gasteiger partial charge in [-0.25, -0.2) is 0 Å². The first-order chi connectivity index (χ1) is 6.77. The molecule has 1 aliphatic carbocycles. The molecule has 0 amide bonds. The van der Waals surface area contributed by atoms with Gasteiger partial charge in [-0.15, -0.1) is 0 Å². The molecule has 3 nitrogen and oxygen atoms in total. The second kappa shape index (κ2) is 3.89. The lowest BCUT2D eigenvalue weighted by Crippen LogP contribution is -2.42. The third kappa shape index (κ3) is 1.65. The molecule has 80 valence electrons. The van der Waals surface area contributed by atoms with Gasteiger partial charge in [-0.3, -0.25) is 4.79 Å². The highest BCUT2D eigenvalue weighted by molar-refractivity contribution is 5.69. The predicted molar refractivity (Wildman–Crippen MR) is 53.9 cm³/mol. The van der Waals surface area contributed by atoms with E-state index in [2.05, 4.69) is 5.32 Å². The number of rotatable bonds is 2. The summed E-state index contributed by atoms with van der Waals surface area (Å²) in [6.07, 6.45) is 6.84. The highest BCUT2D eigenvalue weighted by atomic mass is 16.5. The lowest BCUT2D eigenvalue weighted by molar-refractivity contribution is -0.142. The number of hydrogen-bond donors (Lipinski definition) is 1. The second-order valence-corrected chi connectivity index (χ2v) is 4.56. The van der Waals surface area contributed by atoms with E-state index in [4.69, 9.17) is 4.74 Å². The number of carbonyl (C=O) groups excluding carboxylic acids is 1. The molecule has 1 saturated heterocycles. The van der Waals surface area contributed by atoms with Crippen molar-refractivity contribution in [3.8, 4) is 0 Å². The summed E-state index contributed by atoms with van der Waals surface area (Å²) < 4.78 is 4.75. The monoisotopic (exact) mass is 197 g/mol. The number of methoxy groups -OCH3 is 1. The molecule has 1 heterocycles. The van der Waals surface area contributed by atoms with E-state index >= 15 is 0 Å². The Morgan fingerprint density at radius 2 is 2.21 bits per heavy atom. The number of hydrogen-bond acceptors (Lipinski definition) is 3. The van der Waals surface area contributed by atoms with E-state index in [9.17, 15) is 4.79 Å². The summed E-state index contributed by atoms with van der Waals surface area (Å²) in [6.45, 7) is 1.07. The zero-order valence-corrected chi connectivity index (χ0v) is 8.84. The quantitative estimate of drug-likeness (QED) is 0.681. The molecular weight excluding hydrogens is 178 g/mol. The maximum atomic E-state index is 11.3. The molecule has 2 aliphatic rings. The van der Waals surface area contributed by atoms with Gasteiger partial charge >= 0.3 is 5.97 Å². The average molecular weight is 197 g/mol. The Morgan fingerprint density at radius 3 is 2.86 bits per heavy atom. The van der Waals surface area contributed by atoms with Crippen LogP contribution in [0.1, 0.15) is 38.5 Å². The van der Waals surface area contributed by atoms with Crippen LogP contribution in [0.25, 0.3) is 0 Å². The summed E-state index contributed by atoms with van der Waals surface area (Å²) in [7, 11) is 1.48. The third-order valence-corrected chi connectivity index (χ3v) is 3.89. The molecule has 14 heavy (non-hydrogen) atoms. The van der Waals surface area contributed by atoms with Crippen molar-refractivity contribution in [2.75, 3.05) is 13.7 Å². The third-order valence-electron chi connectivity index (χ3n) is 3.89. The smallest absolute Gasteiger partial charge is 0.305 e. The number of carbonyl (C=O) groups is 1. The first-order valence-electron chi connectivity index (χ1n) is 5.59. The number of ether oxygens (including phenoxy) is 1. The maximum Gasteiger partial charge on any atom is 0.305 e. The van der Waals surface area contributed by atoms with Crippen molar-refractivity contribution in [3.63, 3.8) is 0 Å². The van der Waals surface area contributed by atoms with Crippen LogP contribution >= 0.6 is 0 Å². The fourth-order valence-corrected chi connectivity index (χ4v) is 3.09. The molecular formula is C11H19NO2. The molecule has 0 aromatic rings. The molecule has 2 rings (SSSR count). The highest BCUT2D eigenvalue weighted by Gasteiger charge is 2.44. The summed E-state index contributed by atoms with van der Waals surface area (Å²) in [4.78, 5) is 11.3. The van der Waals surface area contributed by atoms with Crippen LogP contribution in [0.4, 0.5) is 0 Å². The van der Waals surface area contributed by atoms with Gasteiger partial charge in [-0.05, 0) is 31.7 Å². The summed E-state index contributed by atoms with van der Waals surface area (Å²) >= 11 is 0. The van der Waals surface area contributed by atoms with Crippen molar-refractivity contribution in [2.45, 2.75) is 44.1 Å². The Morgan fingerprint density at radius 1 is 1.50 bits per heavy atom. The normalized spacial score (nSPS) is 29.6. The van der Waals surface area contributed by atoms with Gasteiger partial charge < -0.3 is 10.1 Å². The van der Waals surface area contributed by atoms with E-state index in [1.807, 2.05) is 0 Å². The highest BCUT2D eigenvalue weighted by Crippen LogP contribution is 2.42. The standard InChI is InChI=1S/C11H19NO2/c1-14-10(13)8-9-4-7-12-11(9)5-2-3-6-11/h9,12H,2-8H2,1H3. The van der Waals surface area contributed by atoms with Crippen LogP contribution in [0.2, 0.25) is 0 Å². The second-order valence-electron chi connectivity index (χ2n) is 4.56. The fourth-order valence-electron chi connectivity index (χ4n) is 3.09. The minimum Gasteiger partial charge on any atom is -0.469 e. The van der Waals surface area contributed by atoms with Crippen molar-refractivity contribution in [1.82, 2.24) is 5.32 Å². The van der Waals surface area contributed by atoms with Crippen LogP contribution in [0.5, 0.6) is 0 Å². The van der Waals surface area contributed by atoms with Gasteiger partial charge in [-0.1, -0.05) is 12.8 Å². The van der Waals surface area contributed by atoms with Gasteiger partial charge in [0, 0.05) is 5.54 Å². The molecule has 1 atom stereocenters. The van der Waals surface area contributed by atoms with Crippen LogP contribution in [0.15, 0.2) is 0 Å². The molecule has 1 aliphatic heterocycles. The van der Waals surface area contributed by atoms with Gasteiger partial charge in [0.1, 0.15) is 0 Å². The number of esters is 1. The molecule has 0 aromatic carbocycles. The van der Waals surface area contributed by atoms with Crippen LogP contribution in [0, 0.1) is 5.92 Å². The number of nitrogens with one attached hydrogen (secondary N) is 1. The van der Waals surface area contributed by atoms with E-state index in [1.165, 1.54) is 32.8 Å². The fraction of sp³-hybridized carbons (Fsp3) is 0.909. The Labute approximate surface area is 85.2 Å². The first kappa shape index (κ1) is 9.97. The Bertz CT molecular complexity index is 216. The molecule has 2 fully saturated rings. The summed E-state index contributed by atoms with van der Waals surface area (Å²) in [5.41, 5.74) is 0.286. The van der Waals surface area contributed by atoms with Crippen LogP contribution in [-0.4, -0.2) is 25.2 Å². The Balaban J connectivity index is 1.99. The lowest BCUT2D eigenvalue weighted by Gasteiger charge is -2.30. The van der Waals surface area contributed by atoms with Crippen molar-refractivity contribution in [1.29, 1.82) is 0 Å². The summed E-state index contributed by atoms with van der Waals surface area (Å²) in [5.74, 6) is 0.461. The largest absolute Gasteiger partial charge is 0.469 e. The van der Waals surface area contributed by atoms with Gasteiger partial charge in [0.2, 0.25) is 0 Å². The Hall–Kier alpha value is -0.570. The SMILES string of the molecule is COC(=O)CC1CCNC12CCCC2.